The SMILES string of the molecule is c1cc(NC2CCC(Oc3cc(N4CCOCC4)cc4nccnc34)CC2)nc(CN2CCOCC2)n1. The first-order chi connectivity index (χ1) is 18.3. The zero-order valence-electron chi connectivity index (χ0n) is 21.2. The van der Waals surface area contributed by atoms with E-state index in [1.165, 1.54) is 0 Å². The lowest BCUT2D eigenvalue weighted by Gasteiger charge is -2.31. The molecular formula is C27H35N7O3. The average Bonchev–Trinajstić information content (AvgIpc) is 2.95. The minimum Gasteiger partial charge on any atom is -0.488 e. The molecule has 1 aliphatic carbocycles. The molecule has 37 heavy (non-hydrogen) atoms. The summed E-state index contributed by atoms with van der Waals surface area (Å²) < 4.78 is 17.5. The second-order valence-electron chi connectivity index (χ2n) is 9.95. The van der Waals surface area contributed by atoms with Crippen molar-refractivity contribution in [2.75, 3.05) is 62.8 Å². The van der Waals surface area contributed by atoms with Gasteiger partial charge in [0.1, 0.15) is 22.9 Å². The Morgan fingerprint density at radius 3 is 2.43 bits per heavy atom. The Labute approximate surface area is 217 Å². The summed E-state index contributed by atoms with van der Waals surface area (Å²) in [6, 6.07) is 6.58. The van der Waals surface area contributed by atoms with Crippen LogP contribution in [0.5, 0.6) is 5.75 Å². The van der Waals surface area contributed by atoms with Gasteiger partial charge in [-0.05, 0) is 37.8 Å². The van der Waals surface area contributed by atoms with Crippen LogP contribution >= 0.6 is 0 Å². The van der Waals surface area contributed by atoms with Gasteiger partial charge in [0, 0.05) is 62.6 Å². The highest BCUT2D eigenvalue weighted by Crippen LogP contribution is 2.33. The van der Waals surface area contributed by atoms with Crippen LogP contribution in [-0.2, 0) is 16.0 Å². The van der Waals surface area contributed by atoms with E-state index >= 15 is 0 Å². The zero-order chi connectivity index (χ0) is 24.9. The summed E-state index contributed by atoms with van der Waals surface area (Å²) in [5, 5.41) is 3.63. The fraction of sp³-hybridized carbons (Fsp3) is 0.556. The summed E-state index contributed by atoms with van der Waals surface area (Å²) in [5.74, 6) is 2.59. The molecule has 2 aromatic heterocycles. The van der Waals surface area contributed by atoms with Crippen LogP contribution < -0.4 is 15.0 Å². The van der Waals surface area contributed by atoms with E-state index in [-0.39, 0.29) is 6.10 Å². The van der Waals surface area contributed by atoms with Crippen LogP contribution in [0.25, 0.3) is 11.0 Å². The molecule has 0 amide bonds. The Balaban J connectivity index is 1.07. The van der Waals surface area contributed by atoms with Gasteiger partial charge in [-0.25, -0.2) is 15.0 Å². The molecule has 0 spiro atoms. The van der Waals surface area contributed by atoms with E-state index in [0.717, 1.165) is 119 Å². The van der Waals surface area contributed by atoms with Crippen molar-refractivity contribution in [3.05, 3.63) is 42.6 Å². The van der Waals surface area contributed by atoms with E-state index in [2.05, 4.69) is 42.2 Å². The molecule has 0 bridgehead atoms. The molecule has 10 nitrogen and oxygen atoms in total. The maximum Gasteiger partial charge on any atom is 0.149 e. The molecule has 1 saturated carbocycles. The fourth-order valence-electron chi connectivity index (χ4n) is 5.35. The van der Waals surface area contributed by atoms with Crippen molar-refractivity contribution >= 4 is 22.5 Å². The number of hydrogen-bond acceptors (Lipinski definition) is 10. The van der Waals surface area contributed by atoms with Crippen LogP contribution in [0.15, 0.2) is 36.8 Å². The number of anilines is 2. The van der Waals surface area contributed by atoms with Crippen molar-refractivity contribution in [3.8, 4) is 5.75 Å². The van der Waals surface area contributed by atoms with E-state index in [9.17, 15) is 0 Å². The summed E-state index contributed by atoms with van der Waals surface area (Å²) in [7, 11) is 0. The van der Waals surface area contributed by atoms with Crippen LogP contribution in [0.3, 0.4) is 0 Å². The van der Waals surface area contributed by atoms with Gasteiger partial charge in [-0.2, -0.15) is 0 Å². The predicted molar refractivity (Wildman–Crippen MR) is 141 cm³/mol. The smallest absolute Gasteiger partial charge is 0.149 e. The molecule has 1 N–H and O–H groups in total. The van der Waals surface area contributed by atoms with Gasteiger partial charge in [0.2, 0.25) is 0 Å². The Morgan fingerprint density at radius 2 is 1.62 bits per heavy atom. The molecular weight excluding hydrogens is 470 g/mol. The minimum atomic E-state index is 0.158. The number of nitrogens with one attached hydrogen (secondary N) is 1. The monoisotopic (exact) mass is 505 g/mol. The van der Waals surface area contributed by atoms with Gasteiger partial charge in [0.25, 0.3) is 0 Å². The first kappa shape index (κ1) is 24.3. The molecule has 0 atom stereocenters. The van der Waals surface area contributed by atoms with E-state index < -0.39 is 0 Å². The van der Waals surface area contributed by atoms with Gasteiger partial charge < -0.3 is 24.4 Å². The number of nitrogens with zero attached hydrogens (tertiary/aromatic N) is 6. The molecule has 196 valence electrons. The first-order valence-electron chi connectivity index (χ1n) is 13.4. The Bertz CT molecular complexity index is 1180. The summed E-state index contributed by atoms with van der Waals surface area (Å²) in [6.07, 6.45) is 9.50. The lowest BCUT2D eigenvalue weighted by molar-refractivity contribution is 0.0331. The van der Waals surface area contributed by atoms with Crippen molar-refractivity contribution in [1.82, 2.24) is 24.8 Å². The molecule has 6 rings (SSSR count). The van der Waals surface area contributed by atoms with E-state index in [0.29, 0.717) is 6.04 Å². The van der Waals surface area contributed by atoms with Crippen LogP contribution in [0.4, 0.5) is 11.5 Å². The molecule has 2 aliphatic heterocycles. The quantitative estimate of drug-likeness (QED) is 0.516. The summed E-state index contributed by atoms with van der Waals surface area (Å²) in [4.78, 5) is 23.1. The van der Waals surface area contributed by atoms with Gasteiger partial charge in [0.15, 0.2) is 0 Å². The predicted octanol–water partition coefficient (Wildman–Crippen LogP) is 2.89. The number of rotatable bonds is 7. The van der Waals surface area contributed by atoms with Gasteiger partial charge >= 0.3 is 0 Å². The van der Waals surface area contributed by atoms with Crippen molar-refractivity contribution in [2.24, 2.45) is 0 Å². The van der Waals surface area contributed by atoms with Crippen LogP contribution in [0.1, 0.15) is 31.5 Å². The van der Waals surface area contributed by atoms with Crippen molar-refractivity contribution in [3.63, 3.8) is 0 Å². The number of hydrogen-bond donors (Lipinski definition) is 1. The third-order valence-corrected chi connectivity index (χ3v) is 7.39. The van der Waals surface area contributed by atoms with Gasteiger partial charge in [-0.15, -0.1) is 0 Å². The summed E-state index contributed by atoms with van der Waals surface area (Å²) in [5.41, 5.74) is 2.82. The topological polar surface area (TPSA) is 97.8 Å². The maximum atomic E-state index is 6.57. The molecule has 4 heterocycles. The Hall–Kier alpha value is -3.08. The molecule has 0 radical (unpaired) electrons. The Morgan fingerprint density at radius 1 is 0.865 bits per heavy atom. The lowest BCUT2D eigenvalue weighted by Crippen LogP contribution is -2.36. The first-order valence-corrected chi connectivity index (χ1v) is 13.4. The average molecular weight is 506 g/mol. The number of ether oxygens (including phenoxy) is 3. The second-order valence-corrected chi connectivity index (χ2v) is 9.95. The summed E-state index contributed by atoms with van der Waals surface area (Å²) in [6.45, 7) is 7.42. The number of morpholine rings is 2. The molecule has 3 aliphatic rings. The second kappa shape index (κ2) is 11.5. The van der Waals surface area contributed by atoms with Crippen molar-refractivity contribution in [1.29, 1.82) is 0 Å². The molecule has 0 unspecified atom stereocenters. The van der Waals surface area contributed by atoms with Crippen molar-refractivity contribution < 1.29 is 14.2 Å². The molecule has 3 fully saturated rings. The van der Waals surface area contributed by atoms with E-state index in [4.69, 9.17) is 19.2 Å². The van der Waals surface area contributed by atoms with E-state index in [1.807, 2.05) is 12.3 Å². The molecule has 1 aromatic carbocycles. The van der Waals surface area contributed by atoms with Crippen LogP contribution in [0, 0.1) is 0 Å². The van der Waals surface area contributed by atoms with Gasteiger partial charge in [-0.3, -0.25) is 9.88 Å². The highest BCUT2D eigenvalue weighted by Gasteiger charge is 2.25. The third-order valence-electron chi connectivity index (χ3n) is 7.39. The van der Waals surface area contributed by atoms with Crippen LogP contribution in [0.2, 0.25) is 0 Å². The molecule has 10 heteroatoms. The normalized spacial score (nSPS) is 23.2. The molecule has 3 aromatic rings. The summed E-state index contributed by atoms with van der Waals surface area (Å²) >= 11 is 0. The largest absolute Gasteiger partial charge is 0.488 e. The Kier molecular flexibility index (Phi) is 7.57. The molecule has 2 saturated heterocycles. The fourth-order valence-corrected chi connectivity index (χ4v) is 5.35. The highest BCUT2D eigenvalue weighted by molar-refractivity contribution is 5.85. The van der Waals surface area contributed by atoms with Crippen LogP contribution in [-0.4, -0.2) is 89.6 Å². The van der Waals surface area contributed by atoms with Gasteiger partial charge in [-0.1, -0.05) is 0 Å². The number of fused-ring (bicyclic) bond motifs is 1. The third kappa shape index (κ3) is 6.08. The number of aromatic nitrogens is 4. The van der Waals surface area contributed by atoms with Gasteiger partial charge in [0.05, 0.1) is 44.6 Å². The number of benzene rings is 1. The van der Waals surface area contributed by atoms with E-state index in [1.54, 1.807) is 12.4 Å². The maximum absolute atomic E-state index is 6.57. The zero-order valence-corrected chi connectivity index (χ0v) is 21.2. The van der Waals surface area contributed by atoms with Crippen molar-refractivity contribution in [2.45, 2.75) is 44.4 Å². The highest BCUT2D eigenvalue weighted by atomic mass is 16.5. The standard InChI is InChI=1S/C27H35N7O3/c1-3-22(4-2-20(1)31-25-5-6-29-26(32-25)19-33-9-13-35-14-10-33)37-24-18-21(34-11-15-36-16-12-34)17-23-27(24)30-8-7-28-23/h5-8,17-18,20,22H,1-4,9-16,19H2,(H,29,31,32). The lowest BCUT2D eigenvalue weighted by atomic mass is 9.93. The minimum absolute atomic E-state index is 0.158.